The number of amides is 2. The summed E-state index contributed by atoms with van der Waals surface area (Å²) in [6.07, 6.45) is 2.08. The van der Waals surface area contributed by atoms with Crippen LogP contribution in [0.2, 0.25) is 0 Å². The Labute approximate surface area is 241 Å². The quantitative estimate of drug-likeness (QED) is 0.304. The second-order valence-electron chi connectivity index (χ2n) is 12.0. The summed E-state index contributed by atoms with van der Waals surface area (Å²) < 4.78 is 7.76. The number of piperidine rings is 1. The Morgan fingerprint density at radius 2 is 1.83 bits per heavy atom. The monoisotopic (exact) mass is 555 g/mol. The molecule has 8 heteroatoms. The number of alkyl carbamates (subject to hydrolysis) is 1. The van der Waals surface area contributed by atoms with E-state index in [-0.39, 0.29) is 18.2 Å². The van der Waals surface area contributed by atoms with E-state index in [4.69, 9.17) is 15.5 Å². The van der Waals surface area contributed by atoms with Gasteiger partial charge < -0.3 is 25.3 Å². The molecule has 0 bridgehead atoms. The summed E-state index contributed by atoms with van der Waals surface area (Å²) in [6.45, 7) is 8.01. The highest BCUT2D eigenvalue weighted by Crippen LogP contribution is 2.30. The molecule has 4 aromatic rings. The first-order valence-corrected chi connectivity index (χ1v) is 14.6. The van der Waals surface area contributed by atoms with Gasteiger partial charge in [0.15, 0.2) is 0 Å². The third-order valence-corrected chi connectivity index (χ3v) is 7.61. The third-order valence-electron chi connectivity index (χ3n) is 7.61. The number of carbonyl (C=O) groups excluding carboxylic acids is 2. The van der Waals surface area contributed by atoms with Gasteiger partial charge in [0.2, 0.25) is 5.91 Å². The van der Waals surface area contributed by atoms with Gasteiger partial charge in [-0.05, 0) is 68.5 Å². The van der Waals surface area contributed by atoms with Crippen LogP contribution in [0, 0.1) is 0 Å². The maximum atomic E-state index is 13.7. The van der Waals surface area contributed by atoms with Crippen LogP contribution >= 0.6 is 0 Å². The Balaban J connectivity index is 1.33. The number of nitrogens with zero attached hydrogens (tertiary/aromatic N) is 3. The zero-order chi connectivity index (χ0) is 29.0. The lowest BCUT2D eigenvalue weighted by Crippen LogP contribution is -2.46. The molecule has 1 aliphatic heterocycles. The van der Waals surface area contributed by atoms with Gasteiger partial charge in [-0.1, -0.05) is 54.6 Å². The van der Waals surface area contributed by atoms with E-state index in [9.17, 15) is 9.59 Å². The molecule has 1 saturated heterocycles. The molecule has 2 amide bonds. The molecule has 0 spiro atoms. The van der Waals surface area contributed by atoms with Crippen molar-refractivity contribution in [2.75, 3.05) is 19.6 Å². The zero-order valence-corrected chi connectivity index (χ0v) is 24.3. The van der Waals surface area contributed by atoms with E-state index >= 15 is 0 Å². The van der Waals surface area contributed by atoms with Crippen molar-refractivity contribution in [3.8, 4) is 0 Å². The van der Waals surface area contributed by atoms with Crippen molar-refractivity contribution in [2.45, 2.75) is 70.6 Å². The maximum absolute atomic E-state index is 13.7. The van der Waals surface area contributed by atoms with Gasteiger partial charge in [0.1, 0.15) is 11.4 Å². The van der Waals surface area contributed by atoms with Gasteiger partial charge in [-0.3, -0.25) is 4.79 Å². The van der Waals surface area contributed by atoms with Gasteiger partial charge in [-0.2, -0.15) is 0 Å². The van der Waals surface area contributed by atoms with Gasteiger partial charge in [-0.15, -0.1) is 0 Å². The Bertz CT molecular complexity index is 1520. The van der Waals surface area contributed by atoms with Crippen LogP contribution in [0.5, 0.6) is 0 Å². The van der Waals surface area contributed by atoms with Crippen molar-refractivity contribution in [3.05, 3.63) is 78.1 Å². The predicted octanol–water partition coefficient (Wildman–Crippen LogP) is 5.38. The predicted molar refractivity (Wildman–Crippen MR) is 163 cm³/mol. The SMILES string of the molecule is CC(C)(C)OC(=O)N[C@@H](CC(=O)N1CCC[C@@H](c2nc3ccccc3n2CCN)C1)Cc1ccc2ccccc2c1. The zero-order valence-electron chi connectivity index (χ0n) is 24.3. The minimum absolute atomic E-state index is 0.0260. The maximum Gasteiger partial charge on any atom is 0.407 e. The van der Waals surface area contributed by atoms with E-state index in [1.165, 1.54) is 0 Å². The number of para-hydroxylation sites is 2. The molecule has 0 saturated carbocycles. The second kappa shape index (κ2) is 12.3. The normalized spacial score (nSPS) is 16.6. The highest BCUT2D eigenvalue weighted by molar-refractivity contribution is 5.83. The molecule has 0 aliphatic carbocycles. The molecular weight excluding hydrogens is 514 g/mol. The molecule has 5 rings (SSSR count). The van der Waals surface area contributed by atoms with E-state index < -0.39 is 17.7 Å². The molecule has 216 valence electrons. The molecule has 0 unspecified atom stereocenters. The lowest BCUT2D eigenvalue weighted by atomic mass is 9.95. The number of ether oxygens (including phenoxy) is 1. The van der Waals surface area contributed by atoms with Crippen molar-refractivity contribution in [1.82, 2.24) is 19.8 Å². The summed E-state index contributed by atoms with van der Waals surface area (Å²) in [5.41, 5.74) is 8.42. The molecular formula is C33H41N5O3. The third kappa shape index (κ3) is 7.06. The molecule has 3 aromatic carbocycles. The average Bonchev–Trinajstić information content (AvgIpc) is 3.30. The van der Waals surface area contributed by atoms with Crippen molar-refractivity contribution in [2.24, 2.45) is 5.73 Å². The Morgan fingerprint density at radius 3 is 2.61 bits per heavy atom. The number of benzene rings is 3. The first-order valence-electron chi connectivity index (χ1n) is 14.6. The van der Waals surface area contributed by atoms with Crippen LogP contribution in [0.15, 0.2) is 66.7 Å². The van der Waals surface area contributed by atoms with Gasteiger partial charge in [0.05, 0.1) is 11.0 Å². The number of rotatable bonds is 8. The van der Waals surface area contributed by atoms with Gasteiger partial charge in [-0.25, -0.2) is 9.78 Å². The number of nitrogens with one attached hydrogen (secondary N) is 1. The van der Waals surface area contributed by atoms with Crippen molar-refractivity contribution < 1.29 is 14.3 Å². The number of fused-ring (bicyclic) bond motifs is 2. The lowest BCUT2D eigenvalue weighted by molar-refractivity contribution is -0.132. The molecule has 8 nitrogen and oxygen atoms in total. The summed E-state index contributed by atoms with van der Waals surface area (Å²) in [5.74, 6) is 1.15. The molecule has 1 aliphatic rings. The molecule has 41 heavy (non-hydrogen) atoms. The van der Waals surface area contributed by atoms with E-state index in [0.717, 1.165) is 46.0 Å². The highest BCUT2D eigenvalue weighted by Gasteiger charge is 2.30. The Morgan fingerprint density at radius 1 is 1.07 bits per heavy atom. The second-order valence-corrected chi connectivity index (χ2v) is 12.0. The van der Waals surface area contributed by atoms with Crippen LogP contribution in [-0.4, -0.2) is 57.7 Å². The number of carbonyl (C=O) groups is 2. The lowest BCUT2D eigenvalue weighted by Gasteiger charge is -2.34. The summed E-state index contributed by atoms with van der Waals surface area (Å²) in [6, 6.07) is 22.2. The fourth-order valence-corrected chi connectivity index (χ4v) is 5.82. The fourth-order valence-electron chi connectivity index (χ4n) is 5.82. The van der Waals surface area contributed by atoms with Crippen LogP contribution in [0.1, 0.15) is 57.3 Å². The molecule has 1 aromatic heterocycles. The molecule has 2 atom stereocenters. The first kappa shape index (κ1) is 28.6. The first-order chi connectivity index (χ1) is 19.7. The summed E-state index contributed by atoms with van der Waals surface area (Å²) in [7, 11) is 0. The standard InChI is InChI=1S/C33H41N5O3/c1-33(2,3)41-32(40)35-27(20-23-14-15-24-9-4-5-10-25(24)19-23)21-30(39)37-17-8-11-26(22-37)31-36-28-12-6-7-13-29(28)38(31)18-16-34/h4-7,9-10,12-15,19,26-27H,8,11,16-18,20-22,34H2,1-3H3,(H,35,40)/t26-,27-/m1/s1. The van der Waals surface area contributed by atoms with Crippen LogP contribution in [0.4, 0.5) is 4.79 Å². The smallest absolute Gasteiger partial charge is 0.407 e. The van der Waals surface area contributed by atoms with E-state index in [2.05, 4.69) is 46.3 Å². The van der Waals surface area contributed by atoms with E-state index in [0.29, 0.717) is 32.6 Å². The average molecular weight is 556 g/mol. The number of nitrogens with two attached hydrogens (primary N) is 1. The van der Waals surface area contributed by atoms with Gasteiger partial charge in [0, 0.05) is 44.6 Å². The van der Waals surface area contributed by atoms with Crippen molar-refractivity contribution in [3.63, 3.8) is 0 Å². The van der Waals surface area contributed by atoms with Gasteiger partial charge in [0.25, 0.3) is 0 Å². The summed E-state index contributed by atoms with van der Waals surface area (Å²) in [5, 5.41) is 5.28. The van der Waals surface area contributed by atoms with Crippen LogP contribution < -0.4 is 11.1 Å². The molecule has 2 heterocycles. The number of hydrogen-bond acceptors (Lipinski definition) is 5. The summed E-state index contributed by atoms with van der Waals surface area (Å²) >= 11 is 0. The van der Waals surface area contributed by atoms with Crippen LogP contribution in [0.3, 0.4) is 0 Å². The Hall–Kier alpha value is -3.91. The van der Waals surface area contributed by atoms with E-state index in [1.807, 2.05) is 56.0 Å². The van der Waals surface area contributed by atoms with Crippen molar-refractivity contribution in [1.29, 1.82) is 0 Å². The van der Waals surface area contributed by atoms with Crippen LogP contribution in [-0.2, 0) is 22.5 Å². The molecule has 0 radical (unpaired) electrons. The largest absolute Gasteiger partial charge is 0.444 e. The minimum atomic E-state index is -0.628. The molecule has 3 N–H and O–H groups in total. The Kier molecular flexibility index (Phi) is 8.59. The number of aromatic nitrogens is 2. The number of hydrogen-bond donors (Lipinski definition) is 2. The van der Waals surface area contributed by atoms with Crippen LogP contribution in [0.25, 0.3) is 21.8 Å². The minimum Gasteiger partial charge on any atom is -0.444 e. The molecule has 1 fully saturated rings. The van der Waals surface area contributed by atoms with Crippen molar-refractivity contribution >= 4 is 33.8 Å². The number of imidazole rings is 1. The fraction of sp³-hybridized carbons (Fsp3) is 0.424. The van der Waals surface area contributed by atoms with E-state index in [1.54, 1.807) is 0 Å². The van der Waals surface area contributed by atoms with Gasteiger partial charge >= 0.3 is 6.09 Å². The highest BCUT2D eigenvalue weighted by atomic mass is 16.6. The summed E-state index contributed by atoms with van der Waals surface area (Å²) in [4.78, 5) is 33.4. The number of likely N-dealkylation sites (tertiary alicyclic amines) is 1. The topological polar surface area (TPSA) is 102 Å².